The van der Waals surface area contributed by atoms with Gasteiger partial charge in [0.15, 0.2) is 0 Å². The molecule has 0 amide bonds. The van der Waals surface area contributed by atoms with Crippen LogP contribution in [0, 0.1) is 11.3 Å². The summed E-state index contributed by atoms with van der Waals surface area (Å²) >= 11 is 5.86. The van der Waals surface area contributed by atoms with Gasteiger partial charge in [0.2, 0.25) is 15.3 Å². The standard InChI is InChI=1S/C16H9ClN2O3S/c17-11-4-5-13-14(7-11)19-9-15(16(13)20)23(21,22)12-3-1-2-10(6-12)8-18/h1-7,9H,(H,19,20). The summed E-state index contributed by atoms with van der Waals surface area (Å²) in [6.07, 6.45) is 1.15. The SMILES string of the molecule is N#Cc1cccc(S(=O)(=O)c2c[nH]c3cc(Cl)ccc3c2=O)c1. The summed E-state index contributed by atoms with van der Waals surface area (Å²) in [5.41, 5.74) is 0.0417. The zero-order valence-electron chi connectivity index (χ0n) is 11.6. The van der Waals surface area contributed by atoms with Gasteiger partial charge >= 0.3 is 0 Å². The van der Waals surface area contributed by atoms with E-state index in [9.17, 15) is 13.2 Å². The molecule has 3 rings (SSSR count). The van der Waals surface area contributed by atoms with Crippen LogP contribution in [0.5, 0.6) is 0 Å². The van der Waals surface area contributed by atoms with Crippen LogP contribution in [0.3, 0.4) is 0 Å². The summed E-state index contributed by atoms with van der Waals surface area (Å²) in [5.74, 6) is 0. The first-order chi connectivity index (χ1) is 10.9. The molecular weight excluding hydrogens is 336 g/mol. The maximum atomic E-state index is 12.7. The van der Waals surface area contributed by atoms with Crippen molar-refractivity contribution < 1.29 is 8.42 Å². The van der Waals surface area contributed by atoms with Gasteiger partial charge in [-0.3, -0.25) is 4.79 Å². The Labute approximate surface area is 136 Å². The third-order valence-electron chi connectivity index (χ3n) is 3.37. The van der Waals surface area contributed by atoms with Gasteiger partial charge in [0.05, 0.1) is 22.0 Å². The van der Waals surface area contributed by atoms with Crippen LogP contribution in [0.15, 0.2) is 63.2 Å². The molecule has 0 unspecified atom stereocenters. The number of rotatable bonds is 2. The van der Waals surface area contributed by atoms with Crippen molar-refractivity contribution in [3.63, 3.8) is 0 Å². The van der Waals surface area contributed by atoms with Gasteiger partial charge < -0.3 is 4.98 Å². The molecule has 0 radical (unpaired) electrons. The molecule has 0 spiro atoms. The van der Waals surface area contributed by atoms with Gasteiger partial charge in [-0.05, 0) is 36.4 Å². The number of nitriles is 1. The van der Waals surface area contributed by atoms with Crippen molar-refractivity contribution in [1.82, 2.24) is 4.98 Å². The number of nitrogens with zero attached hydrogens (tertiary/aromatic N) is 1. The smallest absolute Gasteiger partial charge is 0.211 e. The van der Waals surface area contributed by atoms with Crippen LogP contribution < -0.4 is 5.43 Å². The van der Waals surface area contributed by atoms with Crippen LogP contribution in [0.4, 0.5) is 0 Å². The van der Waals surface area contributed by atoms with Crippen molar-refractivity contribution in [2.45, 2.75) is 9.79 Å². The lowest BCUT2D eigenvalue weighted by Gasteiger charge is -2.06. The van der Waals surface area contributed by atoms with E-state index < -0.39 is 15.3 Å². The summed E-state index contributed by atoms with van der Waals surface area (Å²) in [7, 11) is -4.03. The van der Waals surface area contributed by atoms with E-state index in [-0.39, 0.29) is 20.7 Å². The number of fused-ring (bicyclic) bond motifs is 1. The molecule has 0 aliphatic carbocycles. The lowest BCUT2D eigenvalue weighted by molar-refractivity contribution is 0.595. The number of hydrogen-bond acceptors (Lipinski definition) is 4. The van der Waals surface area contributed by atoms with Gasteiger partial charge in [-0.25, -0.2) is 8.42 Å². The zero-order valence-corrected chi connectivity index (χ0v) is 13.1. The molecule has 1 aromatic heterocycles. The highest BCUT2D eigenvalue weighted by Crippen LogP contribution is 2.21. The molecule has 2 aromatic carbocycles. The molecule has 114 valence electrons. The highest BCUT2D eigenvalue weighted by Gasteiger charge is 2.22. The van der Waals surface area contributed by atoms with E-state index in [1.54, 1.807) is 6.07 Å². The lowest BCUT2D eigenvalue weighted by atomic mass is 10.2. The molecule has 1 heterocycles. The Morgan fingerprint density at radius 3 is 2.65 bits per heavy atom. The fraction of sp³-hybridized carbons (Fsp3) is 0. The van der Waals surface area contributed by atoms with Gasteiger partial charge in [0.1, 0.15) is 4.90 Å². The number of aromatic nitrogens is 1. The van der Waals surface area contributed by atoms with Gasteiger partial charge in [0.25, 0.3) is 0 Å². The van der Waals surface area contributed by atoms with Crippen LogP contribution in [0.25, 0.3) is 10.9 Å². The summed E-state index contributed by atoms with van der Waals surface area (Å²) < 4.78 is 25.4. The average Bonchev–Trinajstić information content (AvgIpc) is 2.54. The molecule has 23 heavy (non-hydrogen) atoms. The van der Waals surface area contributed by atoms with E-state index in [0.717, 1.165) is 6.20 Å². The number of halogens is 1. The van der Waals surface area contributed by atoms with E-state index >= 15 is 0 Å². The van der Waals surface area contributed by atoms with Crippen LogP contribution in [0.2, 0.25) is 5.02 Å². The maximum Gasteiger partial charge on any atom is 0.211 e. The fourth-order valence-electron chi connectivity index (χ4n) is 2.23. The Morgan fingerprint density at radius 1 is 1.13 bits per heavy atom. The van der Waals surface area contributed by atoms with Crippen molar-refractivity contribution in [1.29, 1.82) is 5.26 Å². The third kappa shape index (κ3) is 2.61. The molecule has 0 fully saturated rings. The van der Waals surface area contributed by atoms with Crippen molar-refractivity contribution in [2.75, 3.05) is 0 Å². The van der Waals surface area contributed by atoms with Crippen LogP contribution in [-0.2, 0) is 9.84 Å². The van der Waals surface area contributed by atoms with E-state index in [1.807, 2.05) is 6.07 Å². The van der Waals surface area contributed by atoms with Crippen molar-refractivity contribution in [3.8, 4) is 6.07 Å². The van der Waals surface area contributed by atoms with Crippen molar-refractivity contribution in [2.24, 2.45) is 0 Å². The average molecular weight is 345 g/mol. The number of pyridine rings is 1. The Balaban J connectivity index is 2.27. The third-order valence-corrected chi connectivity index (χ3v) is 5.36. The second kappa shape index (κ2) is 5.54. The molecule has 5 nitrogen and oxygen atoms in total. The summed E-state index contributed by atoms with van der Waals surface area (Å²) in [4.78, 5) is 14.8. The predicted molar refractivity (Wildman–Crippen MR) is 86.2 cm³/mol. The minimum Gasteiger partial charge on any atom is -0.360 e. The topological polar surface area (TPSA) is 90.8 Å². The largest absolute Gasteiger partial charge is 0.360 e. The van der Waals surface area contributed by atoms with Crippen molar-refractivity contribution >= 4 is 32.3 Å². The van der Waals surface area contributed by atoms with E-state index in [1.165, 1.54) is 36.4 Å². The minimum atomic E-state index is -4.03. The first-order valence-electron chi connectivity index (χ1n) is 6.50. The fourth-order valence-corrected chi connectivity index (χ4v) is 3.77. The van der Waals surface area contributed by atoms with E-state index in [0.29, 0.717) is 10.5 Å². The predicted octanol–water partition coefficient (Wildman–Crippen LogP) is 2.89. The first-order valence-corrected chi connectivity index (χ1v) is 8.36. The first kappa shape index (κ1) is 15.3. The van der Waals surface area contributed by atoms with Gasteiger partial charge in [-0.2, -0.15) is 5.26 Å². The van der Waals surface area contributed by atoms with Gasteiger partial charge in [-0.1, -0.05) is 17.7 Å². The number of hydrogen-bond donors (Lipinski definition) is 1. The second-order valence-corrected chi connectivity index (χ2v) is 7.17. The number of sulfone groups is 1. The molecule has 0 saturated carbocycles. The Bertz CT molecular complexity index is 1130. The summed E-state index contributed by atoms with van der Waals surface area (Å²) in [5, 5.41) is 9.56. The maximum absolute atomic E-state index is 12.7. The Kier molecular flexibility index (Phi) is 3.68. The number of benzene rings is 2. The molecule has 7 heteroatoms. The summed E-state index contributed by atoms with van der Waals surface area (Å²) in [6.45, 7) is 0. The Hall–Kier alpha value is -2.62. The van der Waals surface area contributed by atoms with Crippen LogP contribution >= 0.6 is 11.6 Å². The minimum absolute atomic E-state index is 0.102. The van der Waals surface area contributed by atoms with E-state index in [4.69, 9.17) is 16.9 Å². The number of H-pyrrole nitrogens is 1. The van der Waals surface area contributed by atoms with Crippen molar-refractivity contribution in [3.05, 3.63) is 69.5 Å². The molecule has 3 aromatic rings. The monoisotopic (exact) mass is 344 g/mol. The molecule has 0 aliphatic rings. The van der Waals surface area contributed by atoms with Gasteiger partial charge in [0, 0.05) is 16.6 Å². The van der Waals surface area contributed by atoms with Crippen LogP contribution in [-0.4, -0.2) is 13.4 Å². The zero-order chi connectivity index (χ0) is 16.6. The molecule has 0 aliphatic heterocycles. The normalized spacial score (nSPS) is 11.3. The molecule has 1 N–H and O–H groups in total. The molecular formula is C16H9ClN2O3S. The highest BCUT2D eigenvalue weighted by atomic mass is 35.5. The van der Waals surface area contributed by atoms with E-state index in [2.05, 4.69) is 4.98 Å². The second-order valence-electron chi connectivity index (χ2n) is 4.82. The molecule has 0 atom stereocenters. The summed E-state index contributed by atoms with van der Waals surface area (Å²) in [6, 6.07) is 12.0. The number of nitrogens with one attached hydrogen (secondary N) is 1. The Morgan fingerprint density at radius 2 is 1.91 bits per heavy atom. The molecule has 0 saturated heterocycles. The lowest BCUT2D eigenvalue weighted by Crippen LogP contribution is -2.16. The molecule has 0 bridgehead atoms. The number of aromatic amines is 1. The van der Waals surface area contributed by atoms with Crippen LogP contribution in [0.1, 0.15) is 5.56 Å². The quantitative estimate of drug-likeness (QED) is 0.773. The highest BCUT2D eigenvalue weighted by molar-refractivity contribution is 7.91. The van der Waals surface area contributed by atoms with Gasteiger partial charge in [-0.15, -0.1) is 0 Å².